The van der Waals surface area contributed by atoms with Crippen molar-refractivity contribution in [3.63, 3.8) is 0 Å². The summed E-state index contributed by atoms with van der Waals surface area (Å²) >= 11 is 6.11. The van der Waals surface area contributed by atoms with Crippen molar-refractivity contribution in [2.24, 2.45) is 10.7 Å². The van der Waals surface area contributed by atoms with Gasteiger partial charge in [0.15, 0.2) is 5.96 Å². The lowest BCUT2D eigenvalue weighted by atomic mass is 10.2. The lowest BCUT2D eigenvalue weighted by Gasteiger charge is -2.34. The quantitative estimate of drug-likeness (QED) is 0.634. The van der Waals surface area contributed by atoms with Crippen LogP contribution in [0.3, 0.4) is 0 Å². The molecule has 126 valence electrons. The molecule has 1 heterocycles. The highest BCUT2D eigenvalue weighted by molar-refractivity contribution is 6.32. The van der Waals surface area contributed by atoms with E-state index >= 15 is 0 Å². The number of guanidine groups is 1. The second kappa shape index (κ2) is 6.95. The van der Waals surface area contributed by atoms with Crippen LogP contribution in [0.15, 0.2) is 23.2 Å². The topological polar surface area (TPSA) is 72.1 Å². The molecule has 0 atom stereocenters. The molecule has 1 saturated carbocycles. The van der Waals surface area contributed by atoms with Crippen LogP contribution in [0.25, 0.3) is 0 Å². The Balaban J connectivity index is 1.58. The van der Waals surface area contributed by atoms with E-state index in [1.807, 2.05) is 6.07 Å². The number of hydrogen-bond acceptors (Lipinski definition) is 4. The van der Waals surface area contributed by atoms with Crippen LogP contribution in [0.4, 0.5) is 5.69 Å². The standard InChI is InChI=1S/C16H23ClN4O2/c1-22-14-3-2-12(10-13(14)17)20-15(18)19-11-16(4-5-16)21-6-8-23-9-7-21/h2-3,10H,4-9,11H2,1H3,(H3,18,19,20). The molecule has 0 radical (unpaired) electrons. The molecule has 2 aliphatic rings. The summed E-state index contributed by atoms with van der Waals surface area (Å²) < 4.78 is 10.6. The Morgan fingerprint density at radius 3 is 2.78 bits per heavy atom. The van der Waals surface area contributed by atoms with E-state index in [4.69, 9.17) is 26.8 Å². The van der Waals surface area contributed by atoms with Crippen molar-refractivity contribution >= 4 is 23.2 Å². The minimum Gasteiger partial charge on any atom is -0.495 e. The zero-order chi connectivity index (χ0) is 16.3. The van der Waals surface area contributed by atoms with E-state index in [1.165, 1.54) is 12.8 Å². The zero-order valence-corrected chi connectivity index (χ0v) is 14.1. The van der Waals surface area contributed by atoms with Crippen LogP contribution in [0.1, 0.15) is 12.8 Å². The van der Waals surface area contributed by atoms with E-state index in [9.17, 15) is 0 Å². The summed E-state index contributed by atoms with van der Waals surface area (Å²) in [6.07, 6.45) is 2.36. The van der Waals surface area contributed by atoms with Crippen LogP contribution in [0.2, 0.25) is 5.02 Å². The SMILES string of the molecule is COc1ccc(NC(N)=NCC2(N3CCOCC3)CC2)cc1Cl. The van der Waals surface area contributed by atoms with Gasteiger partial charge in [0.1, 0.15) is 5.75 Å². The lowest BCUT2D eigenvalue weighted by molar-refractivity contribution is 0.0117. The summed E-state index contributed by atoms with van der Waals surface area (Å²) in [5.74, 6) is 1.04. The number of methoxy groups -OCH3 is 1. The van der Waals surface area contributed by atoms with Crippen molar-refractivity contribution in [3.05, 3.63) is 23.2 Å². The second-order valence-electron chi connectivity index (χ2n) is 6.00. The van der Waals surface area contributed by atoms with Gasteiger partial charge in [-0.1, -0.05) is 11.6 Å². The van der Waals surface area contributed by atoms with Gasteiger partial charge in [0, 0.05) is 24.3 Å². The first kappa shape index (κ1) is 16.4. The number of nitrogens with zero attached hydrogens (tertiary/aromatic N) is 2. The number of halogens is 1. The minimum absolute atomic E-state index is 0.188. The lowest BCUT2D eigenvalue weighted by Crippen LogP contribution is -2.47. The number of hydrogen-bond donors (Lipinski definition) is 2. The van der Waals surface area contributed by atoms with Gasteiger partial charge in [-0.2, -0.15) is 0 Å². The summed E-state index contributed by atoms with van der Waals surface area (Å²) in [6, 6.07) is 5.44. The van der Waals surface area contributed by atoms with Gasteiger partial charge >= 0.3 is 0 Å². The fourth-order valence-electron chi connectivity index (χ4n) is 2.92. The van der Waals surface area contributed by atoms with E-state index in [2.05, 4.69) is 15.2 Å². The van der Waals surface area contributed by atoms with Crippen molar-refractivity contribution in [1.82, 2.24) is 4.90 Å². The molecule has 3 N–H and O–H groups in total. The Morgan fingerprint density at radius 2 is 2.17 bits per heavy atom. The Bertz CT molecular complexity index is 583. The largest absolute Gasteiger partial charge is 0.495 e. The van der Waals surface area contributed by atoms with Gasteiger partial charge in [-0.25, -0.2) is 0 Å². The van der Waals surface area contributed by atoms with Crippen molar-refractivity contribution in [1.29, 1.82) is 0 Å². The highest BCUT2D eigenvalue weighted by Crippen LogP contribution is 2.42. The highest BCUT2D eigenvalue weighted by atomic mass is 35.5. The van der Waals surface area contributed by atoms with Crippen molar-refractivity contribution in [2.75, 3.05) is 45.3 Å². The summed E-state index contributed by atoms with van der Waals surface area (Å²) in [5.41, 5.74) is 7.00. The molecule has 0 aromatic heterocycles. The van der Waals surface area contributed by atoms with Gasteiger partial charge < -0.3 is 20.5 Å². The molecular weight excluding hydrogens is 316 g/mol. The third kappa shape index (κ3) is 3.88. The van der Waals surface area contributed by atoms with Gasteiger partial charge in [0.25, 0.3) is 0 Å². The first-order valence-corrected chi connectivity index (χ1v) is 8.24. The number of aliphatic imine (C=N–C) groups is 1. The monoisotopic (exact) mass is 338 g/mol. The maximum atomic E-state index is 6.11. The van der Waals surface area contributed by atoms with Crippen LogP contribution in [0, 0.1) is 0 Å². The molecular formula is C16H23ClN4O2. The number of morpholine rings is 1. The van der Waals surface area contributed by atoms with E-state index in [0.29, 0.717) is 16.7 Å². The minimum atomic E-state index is 0.188. The van der Waals surface area contributed by atoms with Crippen LogP contribution < -0.4 is 15.8 Å². The molecule has 1 saturated heterocycles. The maximum absolute atomic E-state index is 6.11. The number of nitrogens with one attached hydrogen (secondary N) is 1. The van der Waals surface area contributed by atoms with Gasteiger partial charge in [-0.15, -0.1) is 0 Å². The smallest absolute Gasteiger partial charge is 0.193 e. The summed E-state index contributed by atoms with van der Waals surface area (Å²) in [7, 11) is 1.59. The fraction of sp³-hybridized carbons (Fsp3) is 0.562. The van der Waals surface area contributed by atoms with Gasteiger partial charge in [-0.3, -0.25) is 9.89 Å². The van der Waals surface area contributed by atoms with Crippen LogP contribution in [0.5, 0.6) is 5.75 Å². The van der Waals surface area contributed by atoms with E-state index < -0.39 is 0 Å². The molecule has 3 rings (SSSR count). The fourth-order valence-corrected chi connectivity index (χ4v) is 3.18. The Labute approximate surface area is 141 Å². The van der Waals surface area contributed by atoms with Crippen molar-refractivity contribution in [3.8, 4) is 5.75 Å². The predicted molar refractivity (Wildman–Crippen MR) is 92.5 cm³/mol. The van der Waals surface area contributed by atoms with Crippen LogP contribution >= 0.6 is 11.6 Å². The average Bonchev–Trinajstić information content (AvgIpc) is 3.35. The number of ether oxygens (including phenoxy) is 2. The first-order valence-electron chi connectivity index (χ1n) is 7.86. The third-order valence-electron chi connectivity index (χ3n) is 4.48. The molecule has 0 bridgehead atoms. The maximum Gasteiger partial charge on any atom is 0.193 e. The molecule has 1 aromatic carbocycles. The van der Waals surface area contributed by atoms with Gasteiger partial charge in [0.05, 0.1) is 31.9 Å². The summed E-state index contributed by atoms with van der Waals surface area (Å²) in [4.78, 5) is 7.01. The second-order valence-corrected chi connectivity index (χ2v) is 6.41. The van der Waals surface area contributed by atoms with Crippen molar-refractivity contribution < 1.29 is 9.47 Å². The van der Waals surface area contributed by atoms with Crippen molar-refractivity contribution in [2.45, 2.75) is 18.4 Å². The molecule has 6 nitrogen and oxygen atoms in total. The third-order valence-corrected chi connectivity index (χ3v) is 4.77. The van der Waals surface area contributed by atoms with E-state index in [1.54, 1.807) is 19.2 Å². The average molecular weight is 339 g/mol. The molecule has 1 aliphatic heterocycles. The molecule has 0 unspecified atom stereocenters. The molecule has 0 spiro atoms. The number of rotatable bonds is 5. The Hall–Kier alpha value is -1.50. The molecule has 23 heavy (non-hydrogen) atoms. The van der Waals surface area contributed by atoms with Crippen LogP contribution in [-0.2, 0) is 4.74 Å². The molecule has 2 fully saturated rings. The van der Waals surface area contributed by atoms with Gasteiger partial charge in [-0.05, 0) is 31.0 Å². The highest BCUT2D eigenvalue weighted by Gasteiger charge is 2.48. The number of benzene rings is 1. The first-order chi connectivity index (χ1) is 11.1. The van der Waals surface area contributed by atoms with E-state index in [-0.39, 0.29) is 5.54 Å². The Morgan fingerprint density at radius 1 is 1.43 bits per heavy atom. The molecule has 7 heteroatoms. The number of nitrogens with two attached hydrogens (primary N) is 1. The zero-order valence-electron chi connectivity index (χ0n) is 13.3. The van der Waals surface area contributed by atoms with E-state index in [0.717, 1.165) is 38.5 Å². The summed E-state index contributed by atoms with van der Waals surface area (Å²) in [6.45, 7) is 4.30. The Kier molecular flexibility index (Phi) is 4.94. The number of anilines is 1. The normalized spacial score (nSPS) is 21.0. The molecule has 0 amide bonds. The van der Waals surface area contributed by atoms with Gasteiger partial charge in [0.2, 0.25) is 0 Å². The summed E-state index contributed by atoms with van der Waals surface area (Å²) in [5, 5.41) is 3.62. The van der Waals surface area contributed by atoms with Crippen LogP contribution in [-0.4, -0.2) is 56.4 Å². The molecule has 1 aromatic rings. The molecule has 1 aliphatic carbocycles. The predicted octanol–water partition coefficient (Wildman–Crippen LogP) is 1.94.